The van der Waals surface area contributed by atoms with E-state index in [1.807, 2.05) is 0 Å². The van der Waals surface area contributed by atoms with Crippen LogP contribution in [-0.4, -0.2) is 33.2 Å². The minimum Gasteiger partial charge on any atom is -0.361 e. The van der Waals surface area contributed by atoms with Gasteiger partial charge in [0.2, 0.25) is 0 Å². The third kappa shape index (κ3) is 2.03. The van der Waals surface area contributed by atoms with E-state index in [1.54, 1.807) is 0 Å². The van der Waals surface area contributed by atoms with Crippen LogP contribution in [0.25, 0.3) is 10.9 Å². The molecule has 0 aliphatic carbocycles. The Balaban J connectivity index is 2.32. The lowest BCUT2D eigenvalue weighted by Crippen LogP contribution is -2.35. The second-order valence-corrected chi connectivity index (χ2v) is 4.42. The molecule has 2 N–H and O–H groups in total. The van der Waals surface area contributed by atoms with Gasteiger partial charge < -0.3 is 10.3 Å². The molecule has 0 aliphatic rings. The quantitative estimate of drug-likeness (QED) is 0.705. The van der Waals surface area contributed by atoms with Crippen LogP contribution < -0.4 is 5.32 Å². The molecular weight excluding hydrogens is 194 g/mol. The first kappa shape index (κ1) is 11.3. The zero-order valence-corrected chi connectivity index (χ0v) is 10.2. The Morgan fingerprint density at radius 3 is 2.81 bits per heavy atom. The van der Waals surface area contributed by atoms with E-state index < -0.39 is 0 Å². The maximum Gasteiger partial charge on any atom is 0.123 e. The van der Waals surface area contributed by atoms with E-state index in [0.29, 0.717) is 11.8 Å². The van der Waals surface area contributed by atoms with Crippen LogP contribution in [0.5, 0.6) is 0 Å². The number of nitrogens with one attached hydrogen (secondary N) is 2. The monoisotopic (exact) mass is 212 g/mol. The van der Waals surface area contributed by atoms with Crippen molar-refractivity contribution in [1.29, 1.82) is 0 Å². The summed E-state index contributed by atoms with van der Waals surface area (Å²) in [7, 11) is 4.53. The number of hydrogen-bond acceptors (Lipinski definition) is 1. The fraction of sp³-hybridized carbons (Fsp3) is 0.333. The van der Waals surface area contributed by atoms with Crippen molar-refractivity contribution >= 4 is 26.6 Å². The van der Waals surface area contributed by atoms with Crippen LogP contribution >= 0.6 is 0 Å². The zero-order chi connectivity index (χ0) is 11.5. The summed E-state index contributed by atoms with van der Waals surface area (Å²) in [5.74, 6) is 1.03. The van der Waals surface area contributed by atoms with Gasteiger partial charge in [0.1, 0.15) is 15.7 Å². The SMILES string of the molecule is BC(NCC)C(B)c1c[nH]c2ccccc12. The van der Waals surface area contributed by atoms with E-state index >= 15 is 0 Å². The smallest absolute Gasteiger partial charge is 0.123 e. The number of H-pyrrole nitrogens is 1. The van der Waals surface area contributed by atoms with Crippen LogP contribution in [0.4, 0.5) is 0 Å². The molecule has 2 aromatic rings. The van der Waals surface area contributed by atoms with Crippen molar-refractivity contribution in [3.63, 3.8) is 0 Å². The molecule has 1 aromatic carbocycles. The fourth-order valence-corrected chi connectivity index (χ4v) is 2.24. The van der Waals surface area contributed by atoms with Crippen molar-refractivity contribution in [1.82, 2.24) is 10.3 Å². The molecule has 4 heteroatoms. The lowest BCUT2D eigenvalue weighted by molar-refractivity contribution is 0.649. The van der Waals surface area contributed by atoms with Crippen molar-refractivity contribution < 1.29 is 0 Å². The average molecular weight is 212 g/mol. The molecule has 0 saturated carbocycles. The van der Waals surface area contributed by atoms with Crippen molar-refractivity contribution in [2.75, 3.05) is 6.54 Å². The predicted molar refractivity (Wildman–Crippen MR) is 75.6 cm³/mol. The first-order valence-corrected chi connectivity index (χ1v) is 6.03. The topological polar surface area (TPSA) is 27.8 Å². The fourth-order valence-electron chi connectivity index (χ4n) is 2.24. The molecule has 16 heavy (non-hydrogen) atoms. The Kier molecular flexibility index (Phi) is 3.39. The van der Waals surface area contributed by atoms with Crippen molar-refractivity contribution in [2.24, 2.45) is 0 Å². The van der Waals surface area contributed by atoms with Gasteiger partial charge in [0, 0.05) is 17.1 Å². The molecule has 1 heterocycles. The van der Waals surface area contributed by atoms with Gasteiger partial charge in [-0.25, -0.2) is 0 Å². The van der Waals surface area contributed by atoms with Crippen LogP contribution in [0.2, 0.25) is 0 Å². The largest absolute Gasteiger partial charge is 0.361 e. The maximum atomic E-state index is 3.48. The first-order valence-electron chi connectivity index (χ1n) is 6.03. The summed E-state index contributed by atoms with van der Waals surface area (Å²) < 4.78 is 0. The van der Waals surface area contributed by atoms with E-state index in [9.17, 15) is 0 Å². The number of likely N-dealkylation sites (N-methyl/N-ethyl adjacent to an activating group) is 1. The van der Waals surface area contributed by atoms with E-state index in [-0.39, 0.29) is 0 Å². The molecule has 0 amide bonds. The highest BCUT2D eigenvalue weighted by Crippen LogP contribution is 2.24. The predicted octanol–water partition coefficient (Wildman–Crippen LogP) is 0.411. The molecule has 0 aliphatic heterocycles. The second kappa shape index (κ2) is 4.79. The summed E-state index contributed by atoms with van der Waals surface area (Å²) in [6.45, 7) is 3.17. The third-order valence-electron chi connectivity index (χ3n) is 3.39. The Bertz CT molecular complexity index is 467. The highest BCUT2D eigenvalue weighted by atomic mass is 14.9. The minimum absolute atomic E-state index is 0.504. The standard InChI is InChI=1S/C12H18B2N2/c1-2-15-12(14)11(13)9-7-16-10-6-4-3-5-8(9)10/h3-7,11-12,15-16H,2,13-14H2,1H3. The summed E-state index contributed by atoms with van der Waals surface area (Å²) in [6, 6.07) is 8.49. The van der Waals surface area contributed by atoms with E-state index in [0.717, 1.165) is 6.54 Å². The van der Waals surface area contributed by atoms with E-state index in [4.69, 9.17) is 0 Å². The summed E-state index contributed by atoms with van der Waals surface area (Å²) in [4.78, 5) is 3.34. The van der Waals surface area contributed by atoms with Gasteiger partial charge >= 0.3 is 0 Å². The van der Waals surface area contributed by atoms with Gasteiger partial charge in [0.15, 0.2) is 0 Å². The van der Waals surface area contributed by atoms with Crippen LogP contribution in [0.3, 0.4) is 0 Å². The number of aromatic amines is 1. The van der Waals surface area contributed by atoms with E-state index in [1.165, 1.54) is 16.5 Å². The molecule has 2 rings (SSSR count). The molecule has 2 atom stereocenters. The molecule has 82 valence electrons. The van der Waals surface area contributed by atoms with Crippen molar-refractivity contribution in [2.45, 2.75) is 18.7 Å². The Hall–Kier alpha value is -1.15. The van der Waals surface area contributed by atoms with E-state index in [2.05, 4.69) is 63.4 Å². The minimum atomic E-state index is 0.504. The summed E-state index contributed by atoms with van der Waals surface area (Å²) >= 11 is 0. The Morgan fingerprint density at radius 1 is 1.31 bits per heavy atom. The number of rotatable bonds is 4. The van der Waals surface area contributed by atoms with Gasteiger partial charge in [0.25, 0.3) is 0 Å². The zero-order valence-electron chi connectivity index (χ0n) is 10.2. The molecule has 0 spiro atoms. The molecule has 2 unspecified atom stereocenters. The Labute approximate surface area is 98.6 Å². The van der Waals surface area contributed by atoms with Crippen molar-refractivity contribution in [3.8, 4) is 0 Å². The van der Waals surface area contributed by atoms with Gasteiger partial charge in [-0.15, -0.1) is 0 Å². The number of fused-ring (bicyclic) bond motifs is 1. The van der Waals surface area contributed by atoms with Gasteiger partial charge in [-0.1, -0.05) is 25.1 Å². The van der Waals surface area contributed by atoms with Gasteiger partial charge in [-0.2, -0.15) is 0 Å². The van der Waals surface area contributed by atoms with Crippen LogP contribution in [0.15, 0.2) is 30.5 Å². The molecule has 0 radical (unpaired) electrons. The lowest BCUT2D eigenvalue weighted by atomic mass is 9.68. The summed E-state index contributed by atoms with van der Waals surface area (Å²) in [6.07, 6.45) is 2.14. The highest BCUT2D eigenvalue weighted by Gasteiger charge is 2.16. The van der Waals surface area contributed by atoms with Crippen LogP contribution in [0, 0.1) is 0 Å². The lowest BCUT2D eigenvalue weighted by Gasteiger charge is -2.20. The molecule has 0 saturated heterocycles. The summed E-state index contributed by atoms with van der Waals surface area (Å²) in [5, 5.41) is 4.83. The number of para-hydroxylation sites is 1. The number of aromatic nitrogens is 1. The number of benzene rings is 1. The Morgan fingerprint density at radius 2 is 2.06 bits per heavy atom. The normalized spacial score (nSPS) is 15.1. The van der Waals surface area contributed by atoms with Crippen LogP contribution in [-0.2, 0) is 0 Å². The summed E-state index contributed by atoms with van der Waals surface area (Å²) in [5.41, 5.74) is 2.64. The first-order chi connectivity index (χ1) is 7.74. The highest BCUT2D eigenvalue weighted by molar-refractivity contribution is 6.22. The van der Waals surface area contributed by atoms with Crippen molar-refractivity contribution in [3.05, 3.63) is 36.0 Å². The number of hydrogen-bond donors (Lipinski definition) is 2. The third-order valence-corrected chi connectivity index (χ3v) is 3.39. The molecule has 0 bridgehead atoms. The van der Waals surface area contributed by atoms with Gasteiger partial charge in [-0.3, -0.25) is 0 Å². The average Bonchev–Trinajstić information content (AvgIpc) is 2.72. The van der Waals surface area contributed by atoms with Gasteiger partial charge in [-0.05, 0) is 29.9 Å². The maximum absolute atomic E-state index is 3.48. The molecule has 2 nitrogen and oxygen atoms in total. The molecule has 0 fully saturated rings. The molecule has 1 aromatic heterocycles. The van der Waals surface area contributed by atoms with Gasteiger partial charge in [0.05, 0.1) is 0 Å². The second-order valence-electron chi connectivity index (χ2n) is 4.42. The molecular formula is C12H18B2N2. The van der Waals surface area contributed by atoms with Crippen LogP contribution in [0.1, 0.15) is 18.3 Å².